The summed E-state index contributed by atoms with van der Waals surface area (Å²) in [7, 11) is 0. The first kappa shape index (κ1) is 14.9. The molecule has 1 aliphatic rings. The molecule has 0 spiro atoms. The zero-order chi connectivity index (χ0) is 13.9. The van der Waals surface area contributed by atoms with Crippen LogP contribution in [0.1, 0.15) is 40.0 Å². The minimum Gasteiger partial charge on any atom is -0.393 e. The highest BCUT2D eigenvalue weighted by atomic mass is 32.1. The van der Waals surface area contributed by atoms with E-state index in [2.05, 4.69) is 5.32 Å². The van der Waals surface area contributed by atoms with Crippen molar-refractivity contribution in [1.29, 1.82) is 0 Å². The summed E-state index contributed by atoms with van der Waals surface area (Å²) in [4.78, 5) is 25.3. The molecule has 1 aliphatic heterocycles. The molecular formula is C12H21N3O2S. The average molecular weight is 271 g/mol. The summed E-state index contributed by atoms with van der Waals surface area (Å²) in [6.07, 6.45) is 2.13. The van der Waals surface area contributed by atoms with Crippen molar-refractivity contribution in [2.45, 2.75) is 46.1 Å². The van der Waals surface area contributed by atoms with Gasteiger partial charge in [0.1, 0.15) is 6.04 Å². The van der Waals surface area contributed by atoms with Gasteiger partial charge in [0.25, 0.3) is 5.91 Å². The first-order chi connectivity index (χ1) is 8.29. The third-order valence-corrected chi connectivity index (χ3v) is 3.86. The van der Waals surface area contributed by atoms with Crippen LogP contribution in [0.25, 0.3) is 0 Å². The summed E-state index contributed by atoms with van der Waals surface area (Å²) < 4.78 is 0. The fraction of sp³-hybridized carbons (Fsp3) is 0.750. The first-order valence-corrected chi connectivity index (χ1v) is 6.62. The molecule has 1 heterocycles. The van der Waals surface area contributed by atoms with Gasteiger partial charge in [-0.3, -0.25) is 9.69 Å². The summed E-state index contributed by atoms with van der Waals surface area (Å²) in [6.45, 7) is 6.17. The van der Waals surface area contributed by atoms with Crippen LogP contribution < -0.4 is 11.1 Å². The number of hydrogen-bond donors (Lipinski definition) is 2. The molecule has 0 bridgehead atoms. The van der Waals surface area contributed by atoms with Gasteiger partial charge in [-0.25, -0.2) is 4.79 Å². The van der Waals surface area contributed by atoms with E-state index in [1.54, 1.807) is 0 Å². The lowest BCUT2D eigenvalue weighted by Crippen LogP contribution is -2.38. The molecule has 3 N–H and O–H groups in total. The molecule has 0 aromatic rings. The maximum Gasteiger partial charge on any atom is 0.324 e. The van der Waals surface area contributed by atoms with Crippen LogP contribution in [0.5, 0.6) is 0 Å². The largest absolute Gasteiger partial charge is 0.393 e. The molecule has 5 nitrogen and oxygen atoms in total. The molecule has 102 valence electrons. The van der Waals surface area contributed by atoms with Gasteiger partial charge in [0.2, 0.25) is 0 Å². The Labute approximate surface area is 113 Å². The van der Waals surface area contributed by atoms with E-state index in [0.717, 1.165) is 6.42 Å². The van der Waals surface area contributed by atoms with Crippen LogP contribution in [0, 0.1) is 5.41 Å². The molecule has 0 aromatic carbocycles. The molecule has 1 atom stereocenters. The quantitative estimate of drug-likeness (QED) is 0.566. The van der Waals surface area contributed by atoms with Gasteiger partial charge < -0.3 is 11.1 Å². The van der Waals surface area contributed by atoms with Gasteiger partial charge in [-0.2, -0.15) is 0 Å². The molecule has 0 aromatic heterocycles. The number of nitrogens with zero attached hydrogens (tertiary/aromatic N) is 1. The van der Waals surface area contributed by atoms with E-state index in [9.17, 15) is 9.59 Å². The van der Waals surface area contributed by atoms with Gasteiger partial charge in [0, 0.05) is 12.0 Å². The predicted molar refractivity (Wildman–Crippen MR) is 74.1 cm³/mol. The minimum absolute atomic E-state index is 0.138. The third kappa shape index (κ3) is 3.19. The Bertz CT molecular complexity index is 368. The summed E-state index contributed by atoms with van der Waals surface area (Å²) in [5, 5.41) is 2.69. The van der Waals surface area contributed by atoms with Crippen LogP contribution in [0.2, 0.25) is 0 Å². The van der Waals surface area contributed by atoms with Crippen LogP contribution in [-0.4, -0.2) is 34.4 Å². The van der Waals surface area contributed by atoms with E-state index in [-0.39, 0.29) is 23.4 Å². The van der Waals surface area contributed by atoms with Crippen LogP contribution in [0.4, 0.5) is 4.79 Å². The van der Waals surface area contributed by atoms with Gasteiger partial charge >= 0.3 is 6.03 Å². The normalized spacial score (nSPS) is 20.2. The standard InChI is InChI=1S/C12H21N3O2S/c1-4-5-8-9(16)15(11(17)14-8)7-6-12(2,3)10(13)18/h8H,4-7H2,1-3H3,(H2,13,18)(H,14,17). The van der Waals surface area contributed by atoms with Crippen molar-refractivity contribution in [2.75, 3.05) is 6.54 Å². The molecule has 18 heavy (non-hydrogen) atoms. The molecule has 1 rings (SSSR count). The van der Waals surface area contributed by atoms with E-state index >= 15 is 0 Å². The van der Waals surface area contributed by atoms with Crippen molar-refractivity contribution in [2.24, 2.45) is 11.1 Å². The SMILES string of the molecule is CCCC1NC(=O)N(CCC(C)(C)C(N)=S)C1=O. The van der Waals surface area contributed by atoms with Crippen molar-refractivity contribution in [3.8, 4) is 0 Å². The number of nitrogens with two attached hydrogens (primary N) is 1. The molecular weight excluding hydrogens is 250 g/mol. The zero-order valence-corrected chi connectivity index (χ0v) is 12.0. The highest BCUT2D eigenvalue weighted by Crippen LogP contribution is 2.22. The predicted octanol–water partition coefficient (Wildman–Crippen LogP) is 1.41. The Kier molecular flexibility index (Phi) is 4.67. The van der Waals surface area contributed by atoms with E-state index in [4.69, 9.17) is 18.0 Å². The Morgan fingerprint density at radius 3 is 2.61 bits per heavy atom. The van der Waals surface area contributed by atoms with Crippen molar-refractivity contribution in [3.05, 3.63) is 0 Å². The molecule has 1 unspecified atom stereocenters. The van der Waals surface area contributed by atoms with E-state index < -0.39 is 0 Å². The molecule has 0 aliphatic carbocycles. The van der Waals surface area contributed by atoms with Crippen molar-refractivity contribution in [3.63, 3.8) is 0 Å². The second kappa shape index (κ2) is 5.65. The van der Waals surface area contributed by atoms with Gasteiger partial charge in [0.15, 0.2) is 0 Å². The van der Waals surface area contributed by atoms with Crippen LogP contribution >= 0.6 is 12.2 Å². The average Bonchev–Trinajstić information content (AvgIpc) is 2.52. The van der Waals surface area contributed by atoms with Gasteiger partial charge in [0.05, 0.1) is 4.99 Å². The van der Waals surface area contributed by atoms with Crippen molar-refractivity contribution >= 4 is 29.1 Å². The first-order valence-electron chi connectivity index (χ1n) is 6.21. The number of nitrogens with one attached hydrogen (secondary N) is 1. The lowest BCUT2D eigenvalue weighted by atomic mass is 9.89. The topological polar surface area (TPSA) is 75.4 Å². The highest BCUT2D eigenvalue weighted by Gasteiger charge is 2.38. The van der Waals surface area contributed by atoms with E-state index in [1.165, 1.54) is 4.90 Å². The number of hydrogen-bond acceptors (Lipinski definition) is 3. The summed E-state index contributed by atoms with van der Waals surface area (Å²) in [6, 6.07) is -0.673. The second-order valence-corrected chi connectivity index (χ2v) is 5.72. The van der Waals surface area contributed by atoms with Crippen LogP contribution in [0.15, 0.2) is 0 Å². The Hall–Kier alpha value is -1.17. The maximum absolute atomic E-state index is 12.0. The lowest BCUT2D eigenvalue weighted by molar-refractivity contribution is -0.127. The lowest BCUT2D eigenvalue weighted by Gasteiger charge is -2.25. The maximum atomic E-state index is 12.0. The van der Waals surface area contributed by atoms with Gasteiger partial charge in [-0.15, -0.1) is 0 Å². The number of carbonyl (C=O) groups is 2. The zero-order valence-electron chi connectivity index (χ0n) is 11.2. The highest BCUT2D eigenvalue weighted by molar-refractivity contribution is 7.80. The molecule has 6 heteroatoms. The fourth-order valence-corrected chi connectivity index (χ4v) is 1.89. The Morgan fingerprint density at radius 2 is 2.11 bits per heavy atom. The number of thiocarbonyl (C=S) groups is 1. The number of imide groups is 1. The summed E-state index contributed by atoms with van der Waals surface area (Å²) in [5.74, 6) is -0.138. The fourth-order valence-electron chi connectivity index (χ4n) is 1.79. The molecule has 0 saturated carbocycles. The van der Waals surface area contributed by atoms with Gasteiger partial charge in [-0.1, -0.05) is 39.4 Å². The molecule has 1 fully saturated rings. The Balaban J connectivity index is 2.60. The van der Waals surface area contributed by atoms with Gasteiger partial charge in [-0.05, 0) is 12.8 Å². The van der Waals surface area contributed by atoms with E-state index in [0.29, 0.717) is 24.4 Å². The van der Waals surface area contributed by atoms with Crippen LogP contribution in [-0.2, 0) is 4.79 Å². The van der Waals surface area contributed by atoms with Crippen molar-refractivity contribution in [1.82, 2.24) is 10.2 Å². The number of carbonyl (C=O) groups excluding carboxylic acids is 2. The smallest absolute Gasteiger partial charge is 0.324 e. The number of amides is 3. The third-order valence-electron chi connectivity index (χ3n) is 3.31. The van der Waals surface area contributed by atoms with Crippen LogP contribution in [0.3, 0.4) is 0 Å². The number of urea groups is 1. The summed E-state index contributed by atoms with van der Waals surface area (Å²) in [5.41, 5.74) is 5.28. The second-order valence-electron chi connectivity index (χ2n) is 5.28. The van der Waals surface area contributed by atoms with E-state index in [1.807, 2.05) is 20.8 Å². The number of rotatable bonds is 6. The minimum atomic E-state index is -0.365. The monoisotopic (exact) mass is 271 g/mol. The molecule has 1 saturated heterocycles. The summed E-state index contributed by atoms with van der Waals surface area (Å²) >= 11 is 4.97. The molecule has 0 radical (unpaired) electrons. The van der Waals surface area contributed by atoms with Crippen molar-refractivity contribution < 1.29 is 9.59 Å². The molecule has 3 amide bonds. The Morgan fingerprint density at radius 1 is 1.50 bits per heavy atom.